The van der Waals surface area contributed by atoms with Gasteiger partial charge in [-0.3, -0.25) is 9.97 Å². The molecular weight excluding hydrogens is 250 g/mol. The highest BCUT2D eigenvalue weighted by Crippen LogP contribution is 2.30. The van der Waals surface area contributed by atoms with Crippen LogP contribution < -0.4 is 5.73 Å². The van der Waals surface area contributed by atoms with E-state index in [0.29, 0.717) is 34.5 Å². The second-order valence-corrected chi connectivity index (χ2v) is 4.46. The molecule has 2 aromatic rings. The van der Waals surface area contributed by atoms with E-state index >= 15 is 0 Å². The van der Waals surface area contributed by atoms with Crippen LogP contribution in [0.2, 0.25) is 0 Å². The number of rotatable bonds is 4. The van der Waals surface area contributed by atoms with Crippen LogP contribution in [0.5, 0.6) is 0 Å². The summed E-state index contributed by atoms with van der Waals surface area (Å²) in [6, 6.07) is 3.39. The molecule has 18 heavy (non-hydrogen) atoms. The Hall–Kier alpha value is -1.37. The third kappa shape index (κ3) is 2.40. The van der Waals surface area contributed by atoms with Gasteiger partial charge >= 0.3 is 0 Å². The molecule has 0 saturated carbocycles. The van der Waals surface area contributed by atoms with Gasteiger partial charge in [0.25, 0.3) is 0 Å². The largest absolute Gasteiger partial charge is 0.398 e. The molecule has 1 heterocycles. The Labute approximate surface area is 110 Å². The quantitative estimate of drug-likeness (QED) is 0.487. The van der Waals surface area contributed by atoms with Gasteiger partial charge in [-0.25, -0.2) is 0 Å². The van der Waals surface area contributed by atoms with Gasteiger partial charge in [0.05, 0.1) is 17.1 Å². The van der Waals surface area contributed by atoms with Crippen LogP contribution in [0.15, 0.2) is 24.5 Å². The Morgan fingerprint density at radius 3 is 2.67 bits per heavy atom. The van der Waals surface area contributed by atoms with Crippen LogP contribution in [0.1, 0.15) is 18.1 Å². The Kier molecular flexibility index (Phi) is 4.00. The molecule has 2 unspecified atom stereocenters. The molecule has 0 radical (unpaired) electrons. The maximum Gasteiger partial charge on any atom is 0.109 e. The highest BCUT2D eigenvalue weighted by Gasteiger charge is 2.23. The fourth-order valence-electron chi connectivity index (χ4n) is 1.87. The number of fused-ring (bicyclic) bond motifs is 1. The fraction of sp³-hybridized carbons (Fsp3) is 0.333. The predicted octanol–water partition coefficient (Wildman–Crippen LogP) is 0.926. The van der Waals surface area contributed by atoms with Crippen LogP contribution in [0.25, 0.3) is 11.0 Å². The first-order valence-electron chi connectivity index (χ1n) is 5.61. The van der Waals surface area contributed by atoms with Crippen molar-refractivity contribution in [3.8, 4) is 0 Å². The fourth-order valence-corrected chi connectivity index (χ4v) is 2.13. The molecule has 0 aliphatic rings. The predicted molar refractivity (Wildman–Crippen MR) is 73.4 cm³/mol. The molecule has 96 valence electrons. The molecule has 0 bridgehead atoms. The minimum absolute atomic E-state index is 0.375. The van der Waals surface area contributed by atoms with Crippen molar-refractivity contribution in [2.24, 2.45) is 0 Å². The zero-order valence-corrected chi connectivity index (χ0v) is 10.6. The lowest BCUT2D eigenvalue weighted by atomic mass is 9.99. The lowest BCUT2D eigenvalue weighted by Gasteiger charge is -2.20. The van der Waals surface area contributed by atoms with Gasteiger partial charge in [0.2, 0.25) is 0 Å². The first kappa shape index (κ1) is 13.1. The maximum absolute atomic E-state index is 10.2. The van der Waals surface area contributed by atoms with E-state index in [9.17, 15) is 10.2 Å². The molecule has 0 saturated heterocycles. The van der Waals surface area contributed by atoms with Crippen LogP contribution in [0.4, 0.5) is 5.69 Å². The molecule has 2 rings (SSSR count). The molecular formula is C12H15N3O2S. The van der Waals surface area contributed by atoms with Crippen molar-refractivity contribution in [1.29, 1.82) is 0 Å². The lowest BCUT2D eigenvalue weighted by molar-refractivity contribution is 0.0184. The lowest BCUT2D eigenvalue weighted by Crippen LogP contribution is -2.20. The zero-order chi connectivity index (χ0) is 13.1. The van der Waals surface area contributed by atoms with Gasteiger partial charge in [0.1, 0.15) is 6.10 Å². The Balaban J connectivity index is 2.51. The number of nitrogens with zero attached hydrogens (tertiary/aromatic N) is 2. The summed E-state index contributed by atoms with van der Waals surface area (Å²) in [5.74, 6) is 0.481. The molecule has 1 aromatic carbocycles. The Bertz CT molecular complexity index is 550. The van der Waals surface area contributed by atoms with Gasteiger partial charge in [-0.15, -0.1) is 0 Å². The third-order valence-electron chi connectivity index (χ3n) is 2.80. The standard InChI is InChI=1S/C12H15N3O2S/c13-7-1-2-8-11(15-5-4-14-8)10(7)12(17)9(16)3-6-18/h1-2,4-5,9,12,16-18H,3,6,13H2. The number of aromatic nitrogens is 2. The monoisotopic (exact) mass is 265 g/mol. The number of hydrogen-bond acceptors (Lipinski definition) is 6. The highest BCUT2D eigenvalue weighted by molar-refractivity contribution is 7.80. The van der Waals surface area contributed by atoms with Gasteiger partial charge < -0.3 is 15.9 Å². The molecule has 1 aromatic heterocycles. The third-order valence-corrected chi connectivity index (χ3v) is 3.06. The summed E-state index contributed by atoms with van der Waals surface area (Å²) in [5.41, 5.74) is 7.84. The molecule has 0 fully saturated rings. The van der Waals surface area contributed by atoms with Crippen molar-refractivity contribution in [3.63, 3.8) is 0 Å². The summed E-state index contributed by atoms with van der Waals surface area (Å²) in [7, 11) is 0. The minimum Gasteiger partial charge on any atom is -0.398 e. The Morgan fingerprint density at radius 2 is 1.94 bits per heavy atom. The van der Waals surface area contributed by atoms with E-state index in [-0.39, 0.29) is 0 Å². The van der Waals surface area contributed by atoms with E-state index < -0.39 is 12.2 Å². The second-order valence-electron chi connectivity index (χ2n) is 4.02. The van der Waals surface area contributed by atoms with E-state index in [1.807, 2.05) is 0 Å². The molecule has 0 amide bonds. The van der Waals surface area contributed by atoms with E-state index in [0.717, 1.165) is 0 Å². The number of aliphatic hydroxyl groups excluding tert-OH is 2. The summed E-state index contributed by atoms with van der Waals surface area (Å²) in [5, 5.41) is 20.0. The average Bonchev–Trinajstić information content (AvgIpc) is 2.38. The van der Waals surface area contributed by atoms with Gasteiger partial charge in [0, 0.05) is 23.6 Å². The summed E-state index contributed by atoms with van der Waals surface area (Å²) in [6.07, 6.45) is 1.47. The van der Waals surface area contributed by atoms with Crippen molar-refractivity contribution in [2.75, 3.05) is 11.5 Å². The van der Waals surface area contributed by atoms with E-state index in [1.54, 1.807) is 18.3 Å². The molecule has 2 atom stereocenters. The number of benzene rings is 1. The number of nitrogen functional groups attached to an aromatic ring is 1. The van der Waals surface area contributed by atoms with E-state index in [2.05, 4.69) is 22.6 Å². The normalized spacial score (nSPS) is 14.6. The summed E-state index contributed by atoms with van der Waals surface area (Å²) in [4.78, 5) is 8.32. The highest BCUT2D eigenvalue weighted by atomic mass is 32.1. The van der Waals surface area contributed by atoms with Crippen LogP contribution in [-0.4, -0.2) is 32.0 Å². The van der Waals surface area contributed by atoms with Crippen molar-refractivity contribution >= 4 is 29.3 Å². The number of hydrogen-bond donors (Lipinski definition) is 4. The van der Waals surface area contributed by atoms with Gasteiger partial charge in [-0.2, -0.15) is 12.6 Å². The minimum atomic E-state index is -1.09. The number of nitrogens with two attached hydrogens (primary N) is 1. The molecule has 0 aliphatic carbocycles. The number of thiol groups is 1. The average molecular weight is 265 g/mol. The maximum atomic E-state index is 10.2. The Morgan fingerprint density at radius 1 is 1.22 bits per heavy atom. The molecule has 5 nitrogen and oxygen atoms in total. The van der Waals surface area contributed by atoms with Crippen LogP contribution in [0, 0.1) is 0 Å². The first-order valence-corrected chi connectivity index (χ1v) is 6.24. The molecule has 6 heteroatoms. The SMILES string of the molecule is Nc1ccc2nccnc2c1C(O)C(O)CCS. The van der Waals surface area contributed by atoms with Crippen LogP contribution >= 0.6 is 12.6 Å². The number of anilines is 1. The molecule has 0 aliphatic heterocycles. The summed E-state index contributed by atoms with van der Waals surface area (Å²) >= 11 is 4.04. The second kappa shape index (κ2) is 5.51. The van der Waals surface area contributed by atoms with Crippen molar-refractivity contribution < 1.29 is 10.2 Å². The van der Waals surface area contributed by atoms with Crippen LogP contribution in [0.3, 0.4) is 0 Å². The van der Waals surface area contributed by atoms with Gasteiger partial charge in [-0.1, -0.05) is 0 Å². The van der Waals surface area contributed by atoms with Crippen molar-refractivity contribution in [3.05, 3.63) is 30.1 Å². The van der Waals surface area contributed by atoms with Crippen molar-refractivity contribution in [1.82, 2.24) is 9.97 Å². The smallest absolute Gasteiger partial charge is 0.109 e. The first-order chi connectivity index (χ1) is 8.65. The van der Waals surface area contributed by atoms with Crippen LogP contribution in [-0.2, 0) is 0 Å². The topological polar surface area (TPSA) is 92.3 Å². The summed E-state index contributed by atoms with van der Waals surface area (Å²) in [6.45, 7) is 0. The molecule has 0 spiro atoms. The van der Waals surface area contributed by atoms with Crippen molar-refractivity contribution in [2.45, 2.75) is 18.6 Å². The van der Waals surface area contributed by atoms with Gasteiger partial charge in [0.15, 0.2) is 0 Å². The zero-order valence-electron chi connectivity index (χ0n) is 9.69. The number of aliphatic hydroxyl groups is 2. The van der Waals surface area contributed by atoms with E-state index in [1.165, 1.54) is 6.20 Å². The van der Waals surface area contributed by atoms with E-state index in [4.69, 9.17) is 5.73 Å². The van der Waals surface area contributed by atoms with Gasteiger partial charge in [-0.05, 0) is 24.3 Å². The summed E-state index contributed by atoms with van der Waals surface area (Å²) < 4.78 is 0. The molecule has 4 N–H and O–H groups in total.